The van der Waals surface area contributed by atoms with Crippen LogP contribution in [0.1, 0.15) is 31.2 Å². The summed E-state index contributed by atoms with van der Waals surface area (Å²) in [6.45, 7) is 0. The fraction of sp³-hybridized carbons (Fsp3) is 0.467. The number of carbonyl (C=O) groups excluding carboxylic acids is 1. The van der Waals surface area contributed by atoms with E-state index in [4.69, 9.17) is 4.74 Å². The van der Waals surface area contributed by atoms with Crippen molar-refractivity contribution >= 4 is 12.1 Å². The highest BCUT2D eigenvalue weighted by atomic mass is 16.5. The minimum Gasteiger partial charge on any atom is -0.504 e. The molecule has 2 fully saturated rings. The molecule has 20 heavy (non-hydrogen) atoms. The van der Waals surface area contributed by atoms with E-state index in [0.717, 1.165) is 6.42 Å². The SMILES string of the molecule is COc1cccc(C=NNC(=O)C2CC23CCC3)c1O. The number of benzene rings is 1. The van der Waals surface area contributed by atoms with Crippen LogP contribution in [-0.4, -0.2) is 24.3 Å². The standard InChI is InChI=1S/C15H18N2O3/c1-20-12-5-2-4-10(13(12)18)9-16-17-14(19)11-8-15(11)6-3-7-15/h2,4-5,9,11,18H,3,6-8H2,1H3,(H,17,19). The lowest BCUT2D eigenvalue weighted by atomic mass is 9.80. The monoisotopic (exact) mass is 274 g/mol. The Balaban J connectivity index is 1.59. The number of hydrazone groups is 1. The van der Waals surface area contributed by atoms with Gasteiger partial charge in [0, 0.05) is 11.5 Å². The van der Waals surface area contributed by atoms with Crippen LogP contribution in [0.3, 0.4) is 0 Å². The van der Waals surface area contributed by atoms with Gasteiger partial charge in [-0.1, -0.05) is 12.5 Å². The van der Waals surface area contributed by atoms with Crippen molar-refractivity contribution in [1.29, 1.82) is 0 Å². The average molecular weight is 274 g/mol. The number of aromatic hydroxyl groups is 1. The summed E-state index contributed by atoms with van der Waals surface area (Å²) in [5.41, 5.74) is 3.38. The molecule has 106 valence electrons. The molecule has 2 N–H and O–H groups in total. The summed E-state index contributed by atoms with van der Waals surface area (Å²) < 4.78 is 5.01. The molecule has 0 radical (unpaired) electrons. The van der Waals surface area contributed by atoms with Gasteiger partial charge in [-0.15, -0.1) is 0 Å². The predicted molar refractivity (Wildman–Crippen MR) is 74.8 cm³/mol. The number of carbonyl (C=O) groups is 1. The van der Waals surface area contributed by atoms with Crippen LogP contribution in [0.5, 0.6) is 11.5 Å². The highest BCUT2D eigenvalue weighted by Gasteiger charge is 2.60. The quantitative estimate of drug-likeness (QED) is 0.652. The summed E-state index contributed by atoms with van der Waals surface area (Å²) in [6.07, 6.45) is 6.02. The normalized spacial score (nSPS) is 22.6. The van der Waals surface area contributed by atoms with Gasteiger partial charge in [0.15, 0.2) is 11.5 Å². The van der Waals surface area contributed by atoms with Crippen LogP contribution in [0.4, 0.5) is 0 Å². The second-order valence-corrected chi connectivity index (χ2v) is 5.60. The van der Waals surface area contributed by atoms with Gasteiger partial charge in [0.05, 0.1) is 13.3 Å². The Bertz CT molecular complexity index is 564. The Kier molecular flexibility index (Phi) is 3.12. The number of hydrogen-bond acceptors (Lipinski definition) is 4. The van der Waals surface area contributed by atoms with E-state index >= 15 is 0 Å². The van der Waals surface area contributed by atoms with Crippen molar-refractivity contribution in [3.8, 4) is 11.5 Å². The molecule has 0 saturated heterocycles. The van der Waals surface area contributed by atoms with Gasteiger partial charge in [-0.2, -0.15) is 5.10 Å². The van der Waals surface area contributed by atoms with E-state index in [0.29, 0.717) is 16.7 Å². The second-order valence-electron chi connectivity index (χ2n) is 5.60. The number of phenolic OH excluding ortho intramolecular Hbond substituents is 1. The van der Waals surface area contributed by atoms with Gasteiger partial charge in [-0.3, -0.25) is 4.79 Å². The maximum atomic E-state index is 11.9. The zero-order valence-electron chi connectivity index (χ0n) is 11.4. The molecule has 0 aromatic heterocycles. The first-order valence-corrected chi connectivity index (χ1v) is 6.85. The lowest BCUT2D eigenvalue weighted by Crippen LogP contribution is -2.26. The molecule has 2 saturated carbocycles. The number of nitrogens with zero attached hydrogens (tertiary/aromatic N) is 1. The lowest BCUT2D eigenvalue weighted by molar-refractivity contribution is -0.123. The zero-order valence-corrected chi connectivity index (χ0v) is 11.4. The van der Waals surface area contributed by atoms with Gasteiger partial charge in [0.25, 0.3) is 0 Å². The zero-order chi connectivity index (χ0) is 14.2. The van der Waals surface area contributed by atoms with Crippen molar-refractivity contribution in [2.45, 2.75) is 25.7 Å². The smallest absolute Gasteiger partial charge is 0.243 e. The molecule has 2 aliphatic rings. The topological polar surface area (TPSA) is 70.9 Å². The fourth-order valence-electron chi connectivity index (χ4n) is 2.95. The van der Waals surface area contributed by atoms with Crippen molar-refractivity contribution in [3.63, 3.8) is 0 Å². The lowest BCUT2D eigenvalue weighted by Gasteiger charge is -2.25. The van der Waals surface area contributed by atoms with Gasteiger partial charge < -0.3 is 9.84 Å². The molecule has 3 rings (SSSR count). The Morgan fingerprint density at radius 2 is 2.35 bits per heavy atom. The Hall–Kier alpha value is -2.04. The molecular weight excluding hydrogens is 256 g/mol. The molecule has 0 aliphatic heterocycles. The maximum absolute atomic E-state index is 11.9. The van der Waals surface area contributed by atoms with Crippen molar-refractivity contribution in [1.82, 2.24) is 5.43 Å². The summed E-state index contributed by atoms with van der Waals surface area (Å²) in [5, 5.41) is 13.8. The van der Waals surface area contributed by atoms with Crippen molar-refractivity contribution in [2.24, 2.45) is 16.4 Å². The Morgan fingerprint density at radius 1 is 1.55 bits per heavy atom. The summed E-state index contributed by atoms with van der Waals surface area (Å²) >= 11 is 0. The first-order valence-electron chi connectivity index (χ1n) is 6.85. The van der Waals surface area contributed by atoms with Gasteiger partial charge in [0.1, 0.15) is 0 Å². The number of methoxy groups -OCH3 is 1. The highest BCUT2D eigenvalue weighted by molar-refractivity contribution is 5.87. The minimum atomic E-state index is -0.0108. The van der Waals surface area contributed by atoms with E-state index in [1.807, 2.05) is 0 Å². The van der Waals surface area contributed by atoms with Crippen LogP contribution in [-0.2, 0) is 4.79 Å². The molecule has 0 heterocycles. The van der Waals surface area contributed by atoms with E-state index in [1.54, 1.807) is 18.2 Å². The molecule has 1 amide bonds. The number of ether oxygens (including phenoxy) is 1. The Morgan fingerprint density at radius 3 is 2.95 bits per heavy atom. The van der Waals surface area contributed by atoms with Crippen LogP contribution in [0.15, 0.2) is 23.3 Å². The van der Waals surface area contributed by atoms with E-state index < -0.39 is 0 Å². The largest absolute Gasteiger partial charge is 0.504 e. The predicted octanol–water partition coefficient (Wildman–Crippen LogP) is 2.04. The molecule has 5 nitrogen and oxygen atoms in total. The first-order chi connectivity index (χ1) is 9.66. The molecule has 1 spiro atoms. The molecule has 5 heteroatoms. The number of nitrogens with one attached hydrogen (secondary N) is 1. The molecule has 2 aliphatic carbocycles. The summed E-state index contributed by atoms with van der Waals surface area (Å²) in [5.74, 6) is 0.529. The van der Waals surface area contributed by atoms with Crippen molar-refractivity contribution < 1.29 is 14.6 Å². The van der Waals surface area contributed by atoms with Gasteiger partial charge in [0.2, 0.25) is 5.91 Å². The average Bonchev–Trinajstić information content (AvgIpc) is 3.16. The molecule has 1 atom stereocenters. The van der Waals surface area contributed by atoms with Gasteiger partial charge in [-0.05, 0) is 36.8 Å². The fourth-order valence-corrected chi connectivity index (χ4v) is 2.95. The number of hydrogen-bond donors (Lipinski definition) is 2. The van der Waals surface area contributed by atoms with Crippen LogP contribution < -0.4 is 10.2 Å². The minimum absolute atomic E-state index is 0.0108. The Labute approximate surface area is 117 Å². The summed E-state index contributed by atoms with van der Waals surface area (Å²) in [7, 11) is 1.49. The van der Waals surface area contributed by atoms with Crippen LogP contribution in [0, 0.1) is 11.3 Å². The van der Waals surface area contributed by atoms with E-state index in [1.165, 1.54) is 32.6 Å². The van der Waals surface area contributed by atoms with Crippen molar-refractivity contribution in [3.05, 3.63) is 23.8 Å². The molecule has 0 bridgehead atoms. The molecule has 1 aromatic carbocycles. The number of para-hydroxylation sites is 1. The number of phenols is 1. The maximum Gasteiger partial charge on any atom is 0.243 e. The molecule has 1 unspecified atom stereocenters. The third-order valence-electron chi connectivity index (χ3n) is 4.48. The number of amides is 1. The van der Waals surface area contributed by atoms with E-state index in [-0.39, 0.29) is 17.6 Å². The van der Waals surface area contributed by atoms with Crippen LogP contribution in [0.2, 0.25) is 0 Å². The van der Waals surface area contributed by atoms with E-state index in [2.05, 4.69) is 10.5 Å². The third-order valence-corrected chi connectivity index (χ3v) is 4.48. The molecular formula is C15H18N2O3. The van der Waals surface area contributed by atoms with Gasteiger partial charge >= 0.3 is 0 Å². The van der Waals surface area contributed by atoms with E-state index in [9.17, 15) is 9.90 Å². The van der Waals surface area contributed by atoms with Crippen molar-refractivity contribution in [2.75, 3.05) is 7.11 Å². The summed E-state index contributed by atoms with van der Waals surface area (Å²) in [6, 6.07) is 5.12. The second kappa shape index (κ2) is 4.81. The number of rotatable bonds is 4. The van der Waals surface area contributed by atoms with Crippen LogP contribution >= 0.6 is 0 Å². The third kappa shape index (κ3) is 2.13. The first kappa shape index (κ1) is 13.0. The highest BCUT2D eigenvalue weighted by Crippen LogP contribution is 2.65. The summed E-state index contributed by atoms with van der Waals surface area (Å²) in [4.78, 5) is 11.9. The molecule has 1 aromatic rings. The van der Waals surface area contributed by atoms with Crippen LogP contribution in [0.25, 0.3) is 0 Å². The van der Waals surface area contributed by atoms with Gasteiger partial charge in [-0.25, -0.2) is 5.43 Å².